The Hall–Kier alpha value is -3.86. The van der Waals surface area contributed by atoms with Gasteiger partial charge in [-0.05, 0) is 50.1 Å². The van der Waals surface area contributed by atoms with Gasteiger partial charge >= 0.3 is 0 Å². The number of pyridine rings is 1. The minimum atomic E-state index is -0.325. The minimum absolute atomic E-state index is 0.0709. The highest BCUT2D eigenvalue weighted by Crippen LogP contribution is 2.29. The van der Waals surface area contributed by atoms with Gasteiger partial charge in [-0.3, -0.25) is 4.79 Å². The van der Waals surface area contributed by atoms with Gasteiger partial charge in [-0.1, -0.05) is 13.8 Å². The Labute approximate surface area is 173 Å². The first-order chi connectivity index (χ1) is 14.4. The van der Waals surface area contributed by atoms with Crippen LogP contribution < -0.4 is 10.1 Å². The highest BCUT2D eigenvalue weighted by molar-refractivity contribution is 6.05. The van der Waals surface area contributed by atoms with E-state index in [0.29, 0.717) is 28.2 Å². The number of nitriles is 1. The zero-order valence-corrected chi connectivity index (χ0v) is 17.2. The van der Waals surface area contributed by atoms with E-state index in [-0.39, 0.29) is 17.9 Å². The van der Waals surface area contributed by atoms with Gasteiger partial charge in [0.05, 0.1) is 46.5 Å². The van der Waals surface area contributed by atoms with Gasteiger partial charge in [0.25, 0.3) is 5.91 Å². The third-order valence-electron chi connectivity index (χ3n) is 4.65. The van der Waals surface area contributed by atoms with Gasteiger partial charge in [0.1, 0.15) is 11.8 Å². The number of nitrogens with one attached hydrogen (secondary N) is 1. The number of hydrogen-bond donors (Lipinski definition) is 1. The molecule has 0 spiro atoms. The summed E-state index contributed by atoms with van der Waals surface area (Å²) in [4.78, 5) is 13.0. The molecule has 30 heavy (non-hydrogen) atoms. The molecule has 0 saturated carbocycles. The van der Waals surface area contributed by atoms with Crippen LogP contribution >= 0.6 is 0 Å². The minimum Gasteiger partial charge on any atom is -0.487 e. The standard InChI is InChI=1S/C22H22N6O2/c1-13(2)18-8-17-9-19(21(30-14(3)4)12-27(17)26-18)25-22(29)20-6-5-16-7-15(10-23)11-24-28(16)20/h5-9,11-14H,1-4H3,(H,25,29). The van der Waals surface area contributed by atoms with Crippen LogP contribution in [-0.4, -0.2) is 31.2 Å². The molecule has 0 radical (unpaired) electrons. The zero-order chi connectivity index (χ0) is 21.4. The molecule has 1 N–H and O–H groups in total. The van der Waals surface area contributed by atoms with E-state index in [1.165, 1.54) is 10.7 Å². The molecule has 0 bridgehead atoms. The SMILES string of the molecule is CC(C)Oc1cn2nc(C(C)C)cc2cc1NC(=O)c1ccc2cc(C#N)cnn12. The third kappa shape index (κ3) is 3.57. The summed E-state index contributed by atoms with van der Waals surface area (Å²) in [5, 5.41) is 20.8. The van der Waals surface area contributed by atoms with Crippen LogP contribution in [0.3, 0.4) is 0 Å². The lowest BCUT2D eigenvalue weighted by molar-refractivity contribution is 0.101. The molecular weight excluding hydrogens is 380 g/mol. The summed E-state index contributed by atoms with van der Waals surface area (Å²) in [6, 6.07) is 11.0. The van der Waals surface area contributed by atoms with Crippen molar-refractivity contribution in [1.29, 1.82) is 5.26 Å². The molecule has 4 aromatic rings. The fraction of sp³-hybridized carbons (Fsp3) is 0.273. The number of rotatable bonds is 5. The van der Waals surface area contributed by atoms with Crippen molar-refractivity contribution in [3.8, 4) is 11.8 Å². The van der Waals surface area contributed by atoms with Gasteiger partial charge in [-0.25, -0.2) is 9.03 Å². The maximum absolute atomic E-state index is 13.0. The zero-order valence-electron chi connectivity index (χ0n) is 17.2. The van der Waals surface area contributed by atoms with Crippen LogP contribution in [0, 0.1) is 11.3 Å². The van der Waals surface area contributed by atoms with Gasteiger partial charge in [0, 0.05) is 0 Å². The van der Waals surface area contributed by atoms with Crippen molar-refractivity contribution in [2.75, 3.05) is 5.32 Å². The van der Waals surface area contributed by atoms with E-state index in [1.807, 2.05) is 32.0 Å². The van der Waals surface area contributed by atoms with Crippen LogP contribution in [0.15, 0.2) is 42.7 Å². The average molecular weight is 402 g/mol. The topological polar surface area (TPSA) is 96.7 Å². The summed E-state index contributed by atoms with van der Waals surface area (Å²) >= 11 is 0. The largest absolute Gasteiger partial charge is 0.487 e. The van der Waals surface area contributed by atoms with Gasteiger partial charge in [0.2, 0.25) is 0 Å². The van der Waals surface area contributed by atoms with Crippen molar-refractivity contribution < 1.29 is 9.53 Å². The van der Waals surface area contributed by atoms with Crippen LogP contribution in [-0.2, 0) is 0 Å². The second kappa shape index (κ2) is 7.52. The first-order valence-corrected chi connectivity index (χ1v) is 9.75. The van der Waals surface area contributed by atoms with Crippen LogP contribution in [0.1, 0.15) is 55.4 Å². The van der Waals surface area contributed by atoms with E-state index < -0.39 is 0 Å². The molecule has 0 aliphatic rings. The number of hydrogen-bond acceptors (Lipinski definition) is 5. The van der Waals surface area contributed by atoms with Crippen LogP contribution in [0.4, 0.5) is 5.69 Å². The van der Waals surface area contributed by atoms with Crippen molar-refractivity contribution in [2.45, 2.75) is 39.7 Å². The first-order valence-electron chi connectivity index (χ1n) is 9.75. The van der Waals surface area contributed by atoms with Crippen molar-refractivity contribution in [3.05, 3.63) is 59.7 Å². The van der Waals surface area contributed by atoms with Gasteiger partial charge in [-0.15, -0.1) is 0 Å². The summed E-state index contributed by atoms with van der Waals surface area (Å²) in [5.41, 5.74) is 3.85. The highest BCUT2D eigenvalue weighted by atomic mass is 16.5. The summed E-state index contributed by atoms with van der Waals surface area (Å²) in [6.07, 6.45) is 3.14. The number of carbonyl (C=O) groups excluding carboxylic acids is 1. The monoisotopic (exact) mass is 402 g/mol. The lowest BCUT2D eigenvalue weighted by Gasteiger charge is -2.15. The predicted octanol–water partition coefficient (Wildman–Crippen LogP) is 4.02. The van der Waals surface area contributed by atoms with Crippen LogP contribution in [0.2, 0.25) is 0 Å². The molecular formula is C22H22N6O2. The van der Waals surface area contributed by atoms with Gasteiger partial charge in [-0.2, -0.15) is 15.5 Å². The lowest BCUT2D eigenvalue weighted by atomic mass is 10.1. The van der Waals surface area contributed by atoms with Crippen molar-refractivity contribution >= 4 is 22.6 Å². The Balaban J connectivity index is 1.73. The molecule has 8 heteroatoms. The molecule has 0 aliphatic heterocycles. The third-order valence-corrected chi connectivity index (χ3v) is 4.65. The van der Waals surface area contributed by atoms with E-state index >= 15 is 0 Å². The second-order valence-corrected chi connectivity index (χ2v) is 7.68. The maximum Gasteiger partial charge on any atom is 0.274 e. The highest BCUT2D eigenvalue weighted by Gasteiger charge is 2.17. The number of carbonyl (C=O) groups is 1. The number of amides is 1. The Morgan fingerprint density at radius 3 is 2.67 bits per heavy atom. The molecule has 0 atom stereocenters. The van der Waals surface area contributed by atoms with Gasteiger partial charge in [0.15, 0.2) is 5.75 Å². The molecule has 4 aromatic heterocycles. The molecule has 0 saturated heterocycles. The smallest absolute Gasteiger partial charge is 0.274 e. The average Bonchev–Trinajstić information content (AvgIpc) is 3.30. The number of fused-ring (bicyclic) bond motifs is 2. The Bertz CT molecular complexity index is 1290. The van der Waals surface area contributed by atoms with E-state index in [9.17, 15) is 4.79 Å². The normalized spacial score (nSPS) is 11.4. The molecule has 4 rings (SSSR count). The first kappa shape index (κ1) is 19.5. The Kier molecular flexibility index (Phi) is 4.88. The number of nitrogens with zero attached hydrogens (tertiary/aromatic N) is 5. The summed E-state index contributed by atoms with van der Waals surface area (Å²) in [7, 11) is 0. The number of ether oxygens (including phenoxy) is 1. The quantitative estimate of drug-likeness (QED) is 0.544. The summed E-state index contributed by atoms with van der Waals surface area (Å²) in [6.45, 7) is 8.02. The maximum atomic E-state index is 13.0. The molecule has 0 aromatic carbocycles. The summed E-state index contributed by atoms with van der Waals surface area (Å²) < 4.78 is 9.20. The number of anilines is 1. The molecule has 152 valence electrons. The van der Waals surface area contributed by atoms with E-state index in [1.54, 1.807) is 28.9 Å². The van der Waals surface area contributed by atoms with Crippen molar-refractivity contribution in [2.24, 2.45) is 0 Å². The molecule has 0 fully saturated rings. The van der Waals surface area contributed by atoms with Crippen LogP contribution in [0.25, 0.3) is 11.0 Å². The molecule has 1 amide bonds. The molecule has 0 aliphatic carbocycles. The predicted molar refractivity (Wildman–Crippen MR) is 113 cm³/mol. The second-order valence-electron chi connectivity index (χ2n) is 7.68. The van der Waals surface area contributed by atoms with E-state index in [4.69, 9.17) is 10.00 Å². The fourth-order valence-corrected chi connectivity index (χ4v) is 3.19. The number of aromatic nitrogens is 4. The Morgan fingerprint density at radius 2 is 1.97 bits per heavy atom. The Morgan fingerprint density at radius 1 is 1.17 bits per heavy atom. The molecule has 0 unspecified atom stereocenters. The van der Waals surface area contributed by atoms with E-state index in [2.05, 4.69) is 29.4 Å². The van der Waals surface area contributed by atoms with Crippen molar-refractivity contribution in [3.63, 3.8) is 0 Å². The van der Waals surface area contributed by atoms with Crippen LogP contribution in [0.5, 0.6) is 5.75 Å². The van der Waals surface area contributed by atoms with Crippen molar-refractivity contribution in [1.82, 2.24) is 19.2 Å². The summed E-state index contributed by atoms with van der Waals surface area (Å²) in [5.74, 6) is 0.493. The van der Waals surface area contributed by atoms with Gasteiger partial charge < -0.3 is 10.1 Å². The molecule has 8 nitrogen and oxygen atoms in total. The fourth-order valence-electron chi connectivity index (χ4n) is 3.19. The van der Waals surface area contributed by atoms with E-state index in [0.717, 1.165) is 11.2 Å². The lowest BCUT2D eigenvalue weighted by Crippen LogP contribution is -2.17. The molecule has 4 heterocycles.